The maximum absolute atomic E-state index is 5.89. The van der Waals surface area contributed by atoms with Gasteiger partial charge in [-0.2, -0.15) is 0 Å². The highest BCUT2D eigenvalue weighted by Gasteiger charge is 2.30. The Bertz CT molecular complexity index is 683. The smallest absolute Gasteiger partial charge is 0.137 e. The van der Waals surface area contributed by atoms with Crippen LogP contribution in [-0.2, 0) is 0 Å². The molecule has 0 spiro atoms. The highest BCUT2D eigenvalue weighted by atomic mass is 32.1. The molecule has 3 unspecified atom stereocenters. The minimum absolute atomic E-state index is 0.398. The van der Waals surface area contributed by atoms with Crippen LogP contribution >= 0.6 is 12.2 Å². The van der Waals surface area contributed by atoms with Gasteiger partial charge in [-0.25, -0.2) is 4.98 Å². The second-order valence-corrected chi connectivity index (χ2v) is 6.55. The highest BCUT2D eigenvalue weighted by Crippen LogP contribution is 2.34. The Morgan fingerprint density at radius 1 is 1.29 bits per heavy atom. The number of nitrogens with zero attached hydrogens (tertiary/aromatic N) is 1. The molecule has 3 atom stereocenters. The molecule has 2 aromatic rings. The zero-order valence-corrected chi connectivity index (χ0v) is 13.3. The first-order chi connectivity index (χ1) is 10.1. The summed E-state index contributed by atoms with van der Waals surface area (Å²) in [6.07, 6.45) is 2.43. The Morgan fingerprint density at radius 2 is 2.05 bits per heavy atom. The molecule has 0 saturated heterocycles. The molecule has 1 saturated carbocycles. The summed E-state index contributed by atoms with van der Waals surface area (Å²) < 4.78 is 0. The van der Waals surface area contributed by atoms with Crippen LogP contribution in [0.25, 0.3) is 10.9 Å². The van der Waals surface area contributed by atoms with Crippen molar-refractivity contribution in [1.29, 1.82) is 0 Å². The average Bonchev–Trinajstić information content (AvgIpc) is 2.78. The van der Waals surface area contributed by atoms with E-state index in [-0.39, 0.29) is 0 Å². The molecule has 0 aliphatic heterocycles. The lowest BCUT2D eigenvalue weighted by atomic mass is 9.97. The molecule has 3 nitrogen and oxygen atoms in total. The van der Waals surface area contributed by atoms with Crippen LogP contribution in [-0.4, -0.2) is 16.0 Å². The van der Waals surface area contributed by atoms with Crippen molar-refractivity contribution in [2.45, 2.75) is 32.7 Å². The molecular formula is C17H21N3S. The Hall–Kier alpha value is -1.68. The minimum atomic E-state index is 0.398. The topological polar surface area (TPSA) is 50.9 Å². The summed E-state index contributed by atoms with van der Waals surface area (Å²) in [6, 6.07) is 10.5. The molecular weight excluding hydrogens is 278 g/mol. The third-order valence-electron chi connectivity index (χ3n) is 4.78. The number of pyridine rings is 1. The number of rotatable bonds is 3. The number of benzene rings is 1. The van der Waals surface area contributed by atoms with E-state index in [1.54, 1.807) is 0 Å². The van der Waals surface area contributed by atoms with Crippen molar-refractivity contribution in [3.8, 4) is 0 Å². The second-order valence-electron chi connectivity index (χ2n) is 6.11. The summed E-state index contributed by atoms with van der Waals surface area (Å²) in [4.78, 5) is 5.14. The van der Waals surface area contributed by atoms with Crippen LogP contribution in [0.1, 0.15) is 32.3 Å². The Labute approximate surface area is 130 Å². The fraction of sp³-hybridized carbons (Fsp3) is 0.412. The molecule has 3 N–H and O–H groups in total. The summed E-state index contributed by atoms with van der Waals surface area (Å²) in [7, 11) is 0. The molecule has 110 valence electrons. The third kappa shape index (κ3) is 2.72. The first kappa shape index (κ1) is 14.3. The predicted octanol–water partition coefficient (Wildman–Crippen LogP) is 3.72. The zero-order valence-electron chi connectivity index (χ0n) is 12.5. The molecule has 1 fully saturated rings. The fourth-order valence-electron chi connectivity index (χ4n) is 3.16. The SMILES string of the molecule is CC1CCC(Nc2nc3ccccc3cc2C(N)=S)C1C. The number of para-hydroxylation sites is 1. The zero-order chi connectivity index (χ0) is 15.0. The van der Waals surface area contributed by atoms with Gasteiger partial charge in [0.1, 0.15) is 10.8 Å². The van der Waals surface area contributed by atoms with Crippen molar-refractivity contribution in [2.24, 2.45) is 17.6 Å². The molecule has 1 aromatic heterocycles. The molecule has 21 heavy (non-hydrogen) atoms. The number of hydrogen-bond donors (Lipinski definition) is 2. The van der Waals surface area contributed by atoms with Gasteiger partial charge in [0, 0.05) is 11.4 Å². The molecule has 1 aromatic carbocycles. The largest absolute Gasteiger partial charge is 0.389 e. The molecule has 4 heteroatoms. The van der Waals surface area contributed by atoms with Gasteiger partial charge in [-0.15, -0.1) is 0 Å². The normalized spacial score (nSPS) is 25.1. The lowest BCUT2D eigenvalue weighted by molar-refractivity contribution is 0.435. The van der Waals surface area contributed by atoms with E-state index in [1.165, 1.54) is 12.8 Å². The molecule has 3 rings (SSSR count). The third-order valence-corrected chi connectivity index (χ3v) is 5.00. The van der Waals surface area contributed by atoms with E-state index in [2.05, 4.69) is 19.2 Å². The van der Waals surface area contributed by atoms with Gasteiger partial charge in [-0.1, -0.05) is 44.3 Å². The van der Waals surface area contributed by atoms with Crippen molar-refractivity contribution in [2.75, 3.05) is 5.32 Å². The van der Waals surface area contributed by atoms with Gasteiger partial charge in [-0.3, -0.25) is 0 Å². The van der Waals surface area contributed by atoms with Crippen molar-refractivity contribution in [3.63, 3.8) is 0 Å². The molecule has 0 radical (unpaired) electrons. The van der Waals surface area contributed by atoms with Crippen molar-refractivity contribution in [1.82, 2.24) is 4.98 Å². The summed E-state index contributed by atoms with van der Waals surface area (Å²) in [5.74, 6) is 2.21. The number of nitrogens with two attached hydrogens (primary N) is 1. The Balaban J connectivity index is 2.00. The molecule has 1 heterocycles. The Morgan fingerprint density at radius 3 is 2.71 bits per heavy atom. The first-order valence-electron chi connectivity index (χ1n) is 7.52. The van der Waals surface area contributed by atoms with Crippen molar-refractivity contribution in [3.05, 3.63) is 35.9 Å². The van der Waals surface area contributed by atoms with Gasteiger partial charge < -0.3 is 11.1 Å². The van der Waals surface area contributed by atoms with Gasteiger partial charge in [0.05, 0.1) is 11.1 Å². The fourth-order valence-corrected chi connectivity index (χ4v) is 3.31. The number of anilines is 1. The molecule has 0 amide bonds. The van der Waals surface area contributed by atoms with Crippen LogP contribution in [0.15, 0.2) is 30.3 Å². The lowest BCUT2D eigenvalue weighted by Gasteiger charge is -2.22. The summed E-state index contributed by atoms with van der Waals surface area (Å²) in [5.41, 5.74) is 7.71. The summed E-state index contributed by atoms with van der Waals surface area (Å²) >= 11 is 5.20. The summed E-state index contributed by atoms with van der Waals surface area (Å²) in [6.45, 7) is 4.62. The van der Waals surface area contributed by atoms with Crippen LogP contribution in [0.3, 0.4) is 0 Å². The van der Waals surface area contributed by atoms with E-state index in [4.69, 9.17) is 22.9 Å². The number of fused-ring (bicyclic) bond motifs is 1. The van der Waals surface area contributed by atoms with Crippen LogP contribution < -0.4 is 11.1 Å². The van der Waals surface area contributed by atoms with E-state index in [0.717, 1.165) is 28.2 Å². The quantitative estimate of drug-likeness (QED) is 0.848. The standard InChI is InChI=1S/C17H21N3S/c1-10-7-8-14(11(10)2)19-17-13(16(18)21)9-12-5-3-4-6-15(12)20-17/h3-6,9-11,14H,7-8H2,1-2H3,(H2,18,21)(H,19,20). The molecule has 1 aliphatic rings. The van der Waals surface area contributed by atoms with Gasteiger partial charge in [0.2, 0.25) is 0 Å². The van der Waals surface area contributed by atoms with E-state index >= 15 is 0 Å². The first-order valence-corrected chi connectivity index (χ1v) is 7.93. The van der Waals surface area contributed by atoms with Gasteiger partial charge in [-0.05, 0) is 36.8 Å². The van der Waals surface area contributed by atoms with Crippen LogP contribution in [0, 0.1) is 11.8 Å². The van der Waals surface area contributed by atoms with Crippen LogP contribution in [0.2, 0.25) is 0 Å². The van der Waals surface area contributed by atoms with E-state index < -0.39 is 0 Å². The highest BCUT2D eigenvalue weighted by molar-refractivity contribution is 7.80. The minimum Gasteiger partial charge on any atom is -0.389 e. The van der Waals surface area contributed by atoms with Gasteiger partial charge >= 0.3 is 0 Å². The molecule has 0 bridgehead atoms. The van der Waals surface area contributed by atoms with Crippen molar-refractivity contribution < 1.29 is 0 Å². The second kappa shape index (κ2) is 5.60. The van der Waals surface area contributed by atoms with E-state index in [9.17, 15) is 0 Å². The number of thiocarbonyl (C=S) groups is 1. The van der Waals surface area contributed by atoms with Crippen LogP contribution in [0.5, 0.6) is 0 Å². The van der Waals surface area contributed by atoms with Gasteiger partial charge in [0.15, 0.2) is 0 Å². The maximum Gasteiger partial charge on any atom is 0.137 e. The number of nitrogens with one attached hydrogen (secondary N) is 1. The monoisotopic (exact) mass is 299 g/mol. The van der Waals surface area contributed by atoms with Gasteiger partial charge in [0.25, 0.3) is 0 Å². The summed E-state index contributed by atoms with van der Waals surface area (Å²) in [5, 5.41) is 4.65. The molecule has 1 aliphatic carbocycles. The van der Waals surface area contributed by atoms with E-state index in [0.29, 0.717) is 16.9 Å². The lowest BCUT2D eigenvalue weighted by Crippen LogP contribution is -2.26. The maximum atomic E-state index is 5.89. The van der Waals surface area contributed by atoms with Crippen molar-refractivity contribution >= 4 is 33.9 Å². The number of hydrogen-bond acceptors (Lipinski definition) is 3. The number of aromatic nitrogens is 1. The van der Waals surface area contributed by atoms with Crippen LogP contribution in [0.4, 0.5) is 5.82 Å². The average molecular weight is 299 g/mol. The Kier molecular flexibility index (Phi) is 3.81. The van der Waals surface area contributed by atoms with E-state index in [1.807, 2.05) is 30.3 Å². The predicted molar refractivity (Wildman–Crippen MR) is 92.6 cm³/mol.